The number of aliphatic hydroxyl groups excluding tert-OH is 1. The largest absolute Gasteiger partial charge is 0.392 e. The van der Waals surface area contributed by atoms with E-state index in [0.717, 1.165) is 19.3 Å². The minimum atomic E-state index is -0.186. The summed E-state index contributed by atoms with van der Waals surface area (Å²) in [5, 5.41) is 10.1. The second-order valence-corrected chi connectivity index (χ2v) is 4.11. The first-order chi connectivity index (χ1) is 6.71. The van der Waals surface area contributed by atoms with Gasteiger partial charge >= 0.3 is 0 Å². The van der Waals surface area contributed by atoms with Crippen LogP contribution in [0.4, 0.5) is 0 Å². The van der Waals surface area contributed by atoms with Crippen LogP contribution in [0.15, 0.2) is 12.7 Å². The van der Waals surface area contributed by atoms with E-state index in [1.807, 2.05) is 6.08 Å². The minimum Gasteiger partial charge on any atom is -0.392 e. The van der Waals surface area contributed by atoms with E-state index in [1.165, 1.54) is 12.8 Å². The summed E-state index contributed by atoms with van der Waals surface area (Å²) < 4.78 is 0. The lowest BCUT2D eigenvalue weighted by Crippen LogP contribution is -2.27. The summed E-state index contributed by atoms with van der Waals surface area (Å²) in [6.07, 6.45) is 7.38. The Balaban J connectivity index is 4.12. The molecule has 0 bridgehead atoms. The molecule has 0 saturated heterocycles. The van der Waals surface area contributed by atoms with Crippen molar-refractivity contribution in [2.24, 2.45) is 11.8 Å². The molecule has 1 N–H and O–H groups in total. The first-order valence-corrected chi connectivity index (χ1v) is 6.01. The molecule has 0 rings (SSSR count). The van der Waals surface area contributed by atoms with E-state index in [1.54, 1.807) is 0 Å². The van der Waals surface area contributed by atoms with Crippen LogP contribution in [-0.2, 0) is 0 Å². The number of rotatable bonds is 8. The fraction of sp³-hybridized carbons (Fsp3) is 0.846. The van der Waals surface area contributed by atoms with Gasteiger partial charge in [0.2, 0.25) is 0 Å². The van der Waals surface area contributed by atoms with Gasteiger partial charge in [-0.3, -0.25) is 0 Å². The first kappa shape index (κ1) is 13.7. The smallest absolute Gasteiger partial charge is 0.0630 e. The quantitative estimate of drug-likeness (QED) is 0.589. The third kappa shape index (κ3) is 4.28. The molecule has 0 aromatic carbocycles. The maximum Gasteiger partial charge on any atom is 0.0630 e. The SMILES string of the molecule is C=C[C@@H](CC)[C@@H](O)C(CC)CCCC. The van der Waals surface area contributed by atoms with E-state index >= 15 is 0 Å². The highest BCUT2D eigenvalue weighted by atomic mass is 16.3. The van der Waals surface area contributed by atoms with Crippen LogP contribution in [0.3, 0.4) is 0 Å². The third-order valence-corrected chi connectivity index (χ3v) is 3.15. The number of hydrogen-bond acceptors (Lipinski definition) is 1. The Morgan fingerprint density at radius 1 is 1.21 bits per heavy atom. The van der Waals surface area contributed by atoms with Gasteiger partial charge < -0.3 is 5.11 Å². The number of aliphatic hydroxyl groups is 1. The predicted octanol–water partition coefficient (Wildman–Crippen LogP) is 3.78. The maximum atomic E-state index is 10.1. The number of hydrogen-bond donors (Lipinski definition) is 1. The van der Waals surface area contributed by atoms with E-state index in [0.29, 0.717) is 5.92 Å². The Morgan fingerprint density at radius 2 is 1.86 bits per heavy atom. The van der Waals surface area contributed by atoms with Crippen LogP contribution < -0.4 is 0 Å². The van der Waals surface area contributed by atoms with Gasteiger partial charge in [0.05, 0.1) is 6.10 Å². The van der Waals surface area contributed by atoms with Gasteiger partial charge in [-0.2, -0.15) is 0 Å². The van der Waals surface area contributed by atoms with Crippen molar-refractivity contribution < 1.29 is 5.11 Å². The summed E-state index contributed by atoms with van der Waals surface area (Å²) in [5.74, 6) is 0.731. The molecule has 0 amide bonds. The van der Waals surface area contributed by atoms with E-state index in [2.05, 4.69) is 27.4 Å². The zero-order valence-electron chi connectivity index (χ0n) is 10.00. The standard InChI is InChI=1S/C13H26O/c1-5-9-10-12(8-4)13(14)11(6-2)7-3/h6,11-14H,2,5,7-10H2,1,3-4H3/t11-,12?,13+/m0/s1. The van der Waals surface area contributed by atoms with Gasteiger partial charge in [0.25, 0.3) is 0 Å². The molecule has 0 spiro atoms. The summed E-state index contributed by atoms with van der Waals surface area (Å²) in [5.41, 5.74) is 0. The first-order valence-electron chi connectivity index (χ1n) is 6.01. The molecule has 0 saturated carbocycles. The van der Waals surface area contributed by atoms with E-state index in [9.17, 15) is 5.11 Å². The average Bonchev–Trinajstić information content (AvgIpc) is 2.21. The normalized spacial score (nSPS) is 17.4. The second-order valence-electron chi connectivity index (χ2n) is 4.11. The van der Waals surface area contributed by atoms with Crippen molar-refractivity contribution in [1.82, 2.24) is 0 Å². The zero-order chi connectivity index (χ0) is 11.0. The molecule has 1 nitrogen and oxygen atoms in total. The monoisotopic (exact) mass is 198 g/mol. The van der Waals surface area contributed by atoms with Crippen LogP contribution in [0, 0.1) is 11.8 Å². The molecule has 1 unspecified atom stereocenters. The summed E-state index contributed by atoms with van der Waals surface area (Å²) >= 11 is 0. The molecule has 0 heterocycles. The van der Waals surface area contributed by atoms with Crippen molar-refractivity contribution in [3.8, 4) is 0 Å². The van der Waals surface area contributed by atoms with Gasteiger partial charge in [0.1, 0.15) is 0 Å². The molecule has 3 atom stereocenters. The lowest BCUT2D eigenvalue weighted by Gasteiger charge is -2.26. The van der Waals surface area contributed by atoms with Gasteiger partial charge in [-0.1, -0.05) is 46.1 Å². The van der Waals surface area contributed by atoms with Crippen LogP contribution in [0.1, 0.15) is 52.9 Å². The van der Waals surface area contributed by atoms with Crippen molar-refractivity contribution in [3.63, 3.8) is 0 Å². The van der Waals surface area contributed by atoms with Crippen molar-refractivity contribution in [2.45, 2.75) is 59.0 Å². The Kier molecular flexibility index (Phi) is 7.87. The summed E-state index contributed by atoms with van der Waals surface area (Å²) in [6, 6.07) is 0. The number of unbranched alkanes of at least 4 members (excludes halogenated alkanes) is 1. The van der Waals surface area contributed by atoms with Crippen molar-refractivity contribution in [1.29, 1.82) is 0 Å². The highest BCUT2D eigenvalue weighted by Gasteiger charge is 2.22. The molecule has 0 aliphatic carbocycles. The summed E-state index contributed by atoms with van der Waals surface area (Å²) in [7, 11) is 0. The molecule has 0 aromatic heterocycles. The van der Waals surface area contributed by atoms with E-state index in [-0.39, 0.29) is 12.0 Å². The van der Waals surface area contributed by atoms with Crippen molar-refractivity contribution in [2.75, 3.05) is 0 Å². The average molecular weight is 198 g/mol. The molecule has 0 aliphatic rings. The Hall–Kier alpha value is -0.300. The molecule has 84 valence electrons. The lowest BCUT2D eigenvalue weighted by atomic mass is 9.84. The zero-order valence-corrected chi connectivity index (χ0v) is 10.00. The van der Waals surface area contributed by atoms with Crippen LogP contribution >= 0.6 is 0 Å². The van der Waals surface area contributed by atoms with E-state index < -0.39 is 0 Å². The minimum absolute atomic E-state index is 0.186. The highest BCUT2D eigenvalue weighted by Crippen LogP contribution is 2.24. The molecule has 0 aromatic rings. The van der Waals surface area contributed by atoms with Gasteiger partial charge in [-0.15, -0.1) is 6.58 Å². The fourth-order valence-corrected chi connectivity index (χ4v) is 1.98. The summed E-state index contributed by atoms with van der Waals surface area (Å²) in [4.78, 5) is 0. The van der Waals surface area contributed by atoms with Gasteiger partial charge in [-0.05, 0) is 18.8 Å². The van der Waals surface area contributed by atoms with Crippen LogP contribution in [0.5, 0.6) is 0 Å². The van der Waals surface area contributed by atoms with Crippen molar-refractivity contribution in [3.05, 3.63) is 12.7 Å². The molecule has 1 heteroatoms. The Labute approximate surface area is 89.2 Å². The third-order valence-electron chi connectivity index (χ3n) is 3.15. The van der Waals surface area contributed by atoms with Crippen LogP contribution in [0.25, 0.3) is 0 Å². The van der Waals surface area contributed by atoms with Gasteiger partial charge in [0.15, 0.2) is 0 Å². The Bertz CT molecular complexity index is 142. The van der Waals surface area contributed by atoms with E-state index in [4.69, 9.17) is 0 Å². The van der Waals surface area contributed by atoms with Crippen molar-refractivity contribution >= 4 is 0 Å². The second kappa shape index (κ2) is 8.05. The molecule has 0 radical (unpaired) electrons. The summed E-state index contributed by atoms with van der Waals surface area (Å²) in [6.45, 7) is 10.3. The topological polar surface area (TPSA) is 20.2 Å². The van der Waals surface area contributed by atoms with Gasteiger partial charge in [-0.25, -0.2) is 0 Å². The fourth-order valence-electron chi connectivity index (χ4n) is 1.98. The molecular formula is C13H26O. The van der Waals surface area contributed by atoms with Gasteiger partial charge in [0, 0.05) is 5.92 Å². The highest BCUT2D eigenvalue weighted by molar-refractivity contribution is 4.86. The maximum absolute atomic E-state index is 10.1. The predicted molar refractivity (Wildman–Crippen MR) is 63.3 cm³/mol. The molecular weight excluding hydrogens is 172 g/mol. The lowest BCUT2D eigenvalue weighted by molar-refractivity contribution is 0.0598. The molecule has 0 fully saturated rings. The molecule has 0 aliphatic heterocycles. The van der Waals surface area contributed by atoms with Crippen LogP contribution in [-0.4, -0.2) is 11.2 Å². The van der Waals surface area contributed by atoms with Crippen LogP contribution in [0.2, 0.25) is 0 Å². The Morgan fingerprint density at radius 3 is 2.21 bits per heavy atom. The molecule has 14 heavy (non-hydrogen) atoms.